The van der Waals surface area contributed by atoms with Gasteiger partial charge in [0.05, 0.1) is 6.10 Å². The molecule has 5 heteroatoms. The molecule has 0 bridgehead atoms. The van der Waals surface area contributed by atoms with Crippen LogP contribution >= 0.6 is 11.8 Å². The van der Waals surface area contributed by atoms with Crippen molar-refractivity contribution in [2.75, 3.05) is 11.5 Å². The van der Waals surface area contributed by atoms with Crippen molar-refractivity contribution in [1.29, 1.82) is 0 Å². The molecule has 2 aromatic rings. The molecule has 0 amide bonds. The van der Waals surface area contributed by atoms with E-state index in [1.807, 2.05) is 13.0 Å². The molecular weight excluding hydrogens is 263 g/mol. The molecule has 1 unspecified atom stereocenters. The molecule has 0 aliphatic heterocycles. The molecule has 0 radical (unpaired) electrons. The Labute approximate surface area is 115 Å². The van der Waals surface area contributed by atoms with E-state index in [0.717, 1.165) is 10.5 Å². The van der Waals surface area contributed by atoms with Crippen molar-refractivity contribution >= 4 is 17.6 Å². The molecule has 0 fully saturated rings. The highest BCUT2D eigenvalue weighted by molar-refractivity contribution is 7.99. The Morgan fingerprint density at radius 3 is 2.89 bits per heavy atom. The lowest BCUT2D eigenvalue weighted by Crippen LogP contribution is -2.08. The van der Waals surface area contributed by atoms with Crippen LogP contribution in [0.4, 0.5) is 10.2 Å². The van der Waals surface area contributed by atoms with Crippen LogP contribution < -0.4 is 5.73 Å². The lowest BCUT2D eigenvalue weighted by atomic mass is 10.1. The van der Waals surface area contributed by atoms with E-state index in [-0.39, 0.29) is 5.82 Å². The summed E-state index contributed by atoms with van der Waals surface area (Å²) in [6.45, 7) is 1.88. The number of aryl methyl sites for hydroxylation is 1. The van der Waals surface area contributed by atoms with E-state index in [4.69, 9.17) is 5.73 Å². The van der Waals surface area contributed by atoms with Gasteiger partial charge in [-0.25, -0.2) is 9.37 Å². The average Bonchev–Trinajstić information content (AvgIpc) is 2.36. The topological polar surface area (TPSA) is 59.1 Å². The van der Waals surface area contributed by atoms with E-state index in [1.54, 1.807) is 18.3 Å². The van der Waals surface area contributed by atoms with E-state index in [0.29, 0.717) is 17.1 Å². The summed E-state index contributed by atoms with van der Waals surface area (Å²) >= 11 is 1.38. The number of nitrogens with zero attached hydrogens (tertiary/aromatic N) is 1. The number of halogens is 1. The maximum Gasteiger partial charge on any atom is 0.129 e. The van der Waals surface area contributed by atoms with Gasteiger partial charge in [-0.1, -0.05) is 6.07 Å². The number of nitrogen functional groups attached to an aromatic ring is 1. The Hall–Kier alpha value is -1.59. The first-order valence-electron chi connectivity index (χ1n) is 5.85. The van der Waals surface area contributed by atoms with Crippen LogP contribution in [0, 0.1) is 12.7 Å². The second kappa shape index (κ2) is 6.04. The highest BCUT2D eigenvalue weighted by Crippen LogP contribution is 2.28. The zero-order valence-electron chi connectivity index (χ0n) is 10.5. The Morgan fingerprint density at radius 1 is 1.42 bits per heavy atom. The minimum Gasteiger partial charge on any atom is -0.387 e. The fourth-order valence-corrected chi connectivity index (χ4v) is 2.73. The summed E-state index contributed by atoms with van der Waals surface area (Å²) in [7, 11) is 0. The van der Waals surface area contributed by atoms with Gasteiger partial charge in [-0.2, -0.15) is 0 Å². The van der Waals surface area contributed by atoms with Gasteiger partial charge in [0.2, 0.25) is 0 Å². The first-order valence-corrected chi connectivity index (χ1v) is 6.84. The third kappa shape index (κ3) is 3.45. The number of aromatic nitrogens is 1. The van der Waals surface area contributed by atoms with E-state index in [9.17, 15) is 9.50 Å². The number of benzene rings is 1. The van der Waals surface area contributed by atoms with Crippen LogP contribution in [-0.4, -0.2) is 15.8 Å². The van der Waals surface area contributed by atoms with Crippen molar-refractivity contribution in [3.05, 3.63) is 53.5 Å². The minimum absolute atomic E-state index is 0.281. The number of nitrogens with two attached hydrogens (primary N) is 1. The number of rotatable bonds is 4. The summed E-state index contributed by atoms with van der Waals surface area (Å²) < 4.78 is 13.0. The summed E-state index contributed by atoms with van der Waals surface area (Å²) in [4.78, 5) is 4.76. The molecule has 2 rings (SSSR count). The van der Waals surface area contributed by atoms with Gasteiger partial charge in [0.15, 0.2) is 0 Å². The number of pyridine rings is 1. The van der Waals surface area contributed by atoms with Gasteiger partial charge in [-0.05, 0) is 36.8 Å². The smallest absolute Gasteiger partial charge is 0.129 e. The first-order chi connectivity index (χ1) is 9.08. The van der Waals surface area contributed by atoms with Gasteiger partial charge in [-0.3, -0.25) is 0 Å². The van der Waals surface area contributed by atoms with Crippen molar-refractivity contribution in [2.45, 2.75) is 17.9 Å². The Balaban J connectivity index is 2.07. The maximum absolute atomic E-state index is 13.0. The van der Waals surface area contributed by atoms with Crippen LogP contribution in [0.1, 0.15) is 17.2 Å². The van der Waals surface area contributed by atoms with E-state index in [2.05, 4.69) is 4.98 Å². The molecule has 0 spiro atoms. The highest BCUT2D eigenvalue weighted by atomic mass is 32.2. The third-order valence-corrected chi connectivity index (χ3v) is 3.85. The molecule has 19 heavy (non-hydrogen) atoms. The summed E-state index contributed by atoms with van der Waals surface area (Å²) in [5, 5.41) is 10.2. The van der Waals surface area contributed by atoms with Crippen molar-refractivity contribution in [2.24, 2.45) is 0 Å². The Bertz CT molecular complexity index is 557. The van der Waals surface area contributed by atoms with Gasteiger partial charge in [-0.15, -0.1) is 11.8 Å². The second-order valence-electron chi connectivity index (χ2n) is 4.21. The number of aliphatic hydroxyl groups is 1. The first kappa shape index (κ1) is 13.8. The zero-order chi connectivity index (χ0) is 13.8. The van der Waals surface area contributed by atoms with Crippen LogP contribution in [0.5, 0.6) is 0 Å². The van der Waals surface area contributed by atoms with Gasteiger partial charge in [0, 0.05) is 22.4 Å². The molecule has 3 N–H and O–H groups in total. The summed E-state index contributed by atoms with van der Waals surface area (Å²) in [6, 6.07) is 8.09. The summed E-state index contributed by atoms with van der Waals surface area (Å²) in [5.74, 6) is 0.462. The number of hydrogen-bond acceptors (Lipinski definition) is 4. The standard InChI is InChI=1S/C14H15FN2OS/c1-9-5-6-17-14(16)13(9)12(18)8-19-11-4-2-3-10(15)7-11/h2-7,12,18H,8H2,1H3,(H2,16,17). The fourth-order valence-electron chi connectivity index (χ4n) is 1.84. The largest absolute Gasteiger partial charge is 0.387 e. The van der Waals surface area contributed by atoms with Crippen LogP contribution in [0.3, 0.4) is 0 Å². The van der Waals surface area contributed by atoms with Crippen molar-refractivity contribution in [3.63, 3.8) is 0 Å². The monoisotopic (exact) mass is 278 g/mol. The summed E-state index contributed by atoms with van der Waals surface area (Å²) in [5.41, 5.74) is 7.32. The van der Waals surface area contributed by atoms with Gasteiger partial charge < -0.3 is 10.8 Å². The Kier molecular flexibility index (Phi) is 4.39. The lowest BCUT2D eigenvalue weighted by Gasteiger charge is -2.15. The van der Waals surface area contributed by atoms with Gasteiger partial charge in [0.1, 0.15) is 11.6 Å². The molecule has 1 atom stereocenters. The van der Waals surface area contributed by atoms with Crippen molar-refractivity contribution < 1.29 is 9.50 Å². The fraction of sp³-hybridized carbons (Fsp3) is 0.214. The van der Waals surface area contributed by atoms with Crippen LogP contribution in [-0.2, 0) is 0 Å². The van der Waals surface area contributed by atoms with E-state index < -0.39 is 6.10 Å². The molecule has 1 heterocycles. The molecule has 0 saturated heterocycles. The second-order valence-corrected chi connectivity index (χ2v) is 5.30. The zero-order valence-corrected chi connectivity index (χ0v) is 11.3. The average molecular weight is 278 g/mol. The molecule has 1 aromatic carbocycles. The van der Waals surface area contributed by atoms with Crippen LogP contribution in [0.25, 0.3) is 0 Å². The molecule has 100 valence electrons. The molecule has 3 nitrogen and oxygen atoms in total. The third-order valence-electron chi connectivity index (χ3n) is 2.78. The number of hydrogen-bond donors (Lipinski definition) is 2. The maximum atomic E-state index is 13.0. The number of aliphatic hydroxyl groups excluding tert-OH is 1. The normalized spacial score (nSPS) is 12.4. The molecular formula is C14H15FN2OS. The molecule has 0 saturated carbocycles. The van der Waals surface area contributed by atoms with E-state index >= 15 is 0 Å². The minimum atomic E-state index is -0.720. The molecule has 0 aliphatic rings. The predicted molar refractivity (Wildman–Crippen MR) is 75.5 cm³/mol. The van der Waals surface area contributed by atoms with Gasteiger partial charge >= 0.3 is 0 Å². The van der Waals surface area contributed by atoms with Crippen LogP contribution in [0.15, 0.2) is 41.4 Å². The number of anilines is 1. The van der Waals surface area contributed by atoms with Crippen molar-refractivity contribution in [1.82, 2.24) is 4.98 Å². The molecule has 0 aliphatic carbocycles. The van der Waals surface area contributed by atoms with Crippen molar-refractivity contribution in [3.8, 4) is 0 Å². The highest BCUT2D eigenvalue weighted by Gasteiger charge is 2.15. The summed E-state index contributed by atoms with van der Waals surface area (Å²) in [6.07, 6.45) is 0.891. The van der Waals surface area contributed by atoms with Crippen LogP contribution in [0.2, 0.25) is 0 Å². The lowest BCUT2D eigenvalue weighted by molar-refractivity contribution is 0.204. The van der Waals surface area contributed by atoms with Gasteiger partial charge in [0.25, 0.3) is 0 Å². The Morgan fingerprint density at radius 2 is 2.21 bits per heavy atom. The van der Waals surface area contributed by atoms with E-state index in [1.165, 1.54) is 23.9 Å². The predicted octanol–water partition coefficient (Wildman–Crippen LogP) is 2.94. The number of thioether (sulfide) groups is 1. The molecule has 1 aromatic heterocycles. The SMILES string of the molecule is Cc1ccnc(N)c1C(O)CSc1cccc(F)c1. The quantitative estimate of drug-likeness (QED) is 0.844.